The number of para-hydroxylation sites is 1. The SMILES string of the molecule is C[C@@H](NC(=O)OC(C)(C)C)c1cccc(-c2cc(COc3ccccc3CC(=O)OC(C)(C)C)cc(N(C)C[C@@H]3CCCO3)c2)c1F. The van der Waals surface area contributed by atoms with E-state index in [1.807, 2.05) is 70.3 Å². The van der Waals surface area contributed by atoms with Crippen molar-refractivity contribution >= 4 is 17.7 Å². The van der Waals surface area contributed by atoms with E-state index >= 15 is 4.39 Å². The number of carbonyl (C=O) groups excluding carboxylic acids is 2. The number of likely N-dealkylation sites (N-methyl/N-ethyl adjacent to an activating group) is 1. The molecule has 0 radical (unpaired) electrons. The second kappa shape index (κ2) is 15.2. The van der Waals surface area contributed by atoms with Gasteiger partial charge in [-0.1, -0.05) is 36.4 Å². The maximum absolute atomic E-state index is 16.2. The Morgan fingerprint density at radius 2 is 1.72 bits per heavy atom. The summed E-state index contributed by atoms with van der Waals surface area (Å²) in [6.07, 6.45) is 1.62. The average molecular weight is 649 g/mol. The van der Waals surface area contributed by atoms with Gasteiger partial charge in [0.05, 0.1) is 18.6 Å². The summed E-state index contributed by atoms with van der Waals surface area (Å²) in [5.41, 5.74) is 2.60. The van der Waals surface area contributed by atoms with Gasteiger partial charge in [-0.15, -0.1) is 0 Å². The normalized spacial score (nSPS) is 15.6. The van der Waals surface area contributed by atoms with E-state index in [-0.39, 0.29) is 25.1 Å². The molecule has 47 heavy (non-hydrogen) atoms. The molecule has 0 unspecified atom stereocenters. The minimum absolute atomic E-state index is 0.0797. The van der Waals surface area contributed by atoms with Crippen LogP contribution in [0, 0.1) is 5.82 Å². The first-order valence-corrected chi connectivity index (χ1v) is 16.3. The van der Waals surface area contributed by atoms with E-state index < -0.39 is 29.2 Å². The molecule has 2 atom stereocenters. The number of esters is 1. The number of halogens is 1. The van der Waals surface area contributed by atoms with Gasteiger partial charge in [0.1, 0.15) is 29.4 Å². The largest absolute Gasteiger partial charge is 0.489 e. The summed E-state index contributed by atoms with van der Waals surface area (Å²) >= 11 is 0. The van der Waals surface area contributed by atoms with E-state index in [1.54, 1.807) is 45.9 Å². The van der Waals surface area contributed by atoms with Crippen LogP contribution in [0.3, 0.4) is 0 Å². The Hall–Kier alpha value is -4.11. The van der Waals surface area contributed by atoms with Crippen LogP contribution in [0.25, 0.3) is 11.1 Å². The Morgan fingerprint density at radius 1 is 1.00 bits per heavy atom. The van der Waals surface area contributed by atoms with Crippen molar-refractivity contribution in [2.24, 2.45) is 0 Å². The van der Waals surface area contributed by atoms with Gasteiger partial charge in [-0.05, 0) is 96.7 Å². The van der Waals surface area contributed by atoms with Crippen LogP contribution in [0.1, 0.15) is 84.0 Å². The van der Waals surface area contributed by atoms with Gasteiger partial charge in [-0.3, -0.25) is 4.79 Å². The second-order valence-electron chi connectivity index (χ2n) is 14.1. The van der Waals surface area contributed by atoms with Gasteiger partial charge in [0.25, 0.3) is 0 Å². The van der Waals surface area contributed by atoms with Crippen LogP contribution in [0.4, 0.5) is 14.9 Å². The van der Waals surface area contributed by atoms with Gasteiger partial charge < -0.3 is 29.2 Å². The molecule has 0 spiro atoms. The number of nitrogens with zero attached hydrogens (tertiary/aromatic N) is 1. The van der Waals surface area contributed by atoms with Gasteiger partial charge in [0, 0.05) is 42.6 Å². The number of rotatable bonds is 11. The van der Waals surface area contributed by atoms with Crippen LogP contribution in [0.2, 0.25) is 0 Å². The first-order valence-electron chi connectivity index (χ1n) is 16.3. The zero-order valence-electron chi connectivity index (χ0n) is 28.9. The topological polar surface area (TPSA) is 86.3 Å². The van der Waals surface area contributed by atoms with Gasteiger partial charge in [0.15, 0.2) is 0 Å². The van der Waals surface area contributed by atoms with Crippen molar-refractivity contribution in [3.63, 3.8) is 0 Å². The molecule has 4 rings (SSSR count). The monoisotopic (exact) mass is 648 g/mol. The summed E-state index contributed by atoms with van der Waals surface area (Å²) in [6.45, 7) is 14.2. The standard InChI is InChI=1S/C38H49FN2O6/c1-25(40-36(43)47-38(5,6)7)31-15-11-16-32(35(31)39)28-19-26(20-29(21-28)41(8)23-30-14-12-18-44-30)24-45-33-17-10-9-13-27(33)22-34(42)46-37(2,3)4/h9-11,13,15-17,19-21,25,30H,12,14,18,22-24H2,1-8H3,(H,40,43)/t25-,30+/m1/s1. The molecule has 1 heterocycles. The van der Waals surface area contributed by atoms with Crippen molar-refractivity contribution in [3.8, 4) is 16.9 Å². The lowest BCUT2D eigenvalue weighted by atomic mass is 9.97. The third-order valence-electron chi connectivity index (χ3n) is 7.58. The lowest BCUT2D eigenvalue weighted by molar-refractivity contribution is -0.153. The van der Waals surface area contributed by atoms with Gasteiger partial charge >= 0.3 is 12.1 Å². The molecule has 0 saturated carbocycles. The van der Waals surface area contributed by atoms with Crippen LogP contribution >= 0.6 is 0 Å². The highest BCUT2D eigenvalue weighted by atomic mass is 19.1. The fourth-order valence-electron chi connectivity index (χ4n) is 5.49. The van der Waals surface area contributed by atoms with Crippen LogP contribution in [0.5, 0.6) is 5.75 Å². The molecule has 1 aliphatic heterocycles. The fraction of sp³-hybridized carbons (Fsp3) is 0.474. The lowest BCUT2D eigenvalue weighted by Crippen LogP contribution is -2.34. The van der Waals surface area contributed by atoms with Gasteiger partial charge in [0.2, 0.25) is 0 Å². The zero-order valence-corrected chi connectivity index (χ0v) is 28.9. The number of anilines is 1. The van der Waals surface area contributed by atoms with E-state index in [2.05, 4.69) is 10.2 Å². The average Bonchev–Trinajstić information content (AvgIpc) is 3.47. The van der Waals surface area contributed by atoms with Crippen LogP contribution in [-0.4, -0.2) is 49.6 Å². The van der Waals surface area contributed by atoms with Crippen LogP contribution in [0.15, 0.2) is 60.7 Å². The number of amides is 1. The number of nitrogens with one attached hydrogen (secondary N) is 1. The van der Waals surface area contributed by atoms with E-state index in [0.717, 1.165) is 36.3 Å². The first-order chi connectivity index (χ1) is 22.1. The molecule has 3 aromatic rings. The smallest absolute Gasteiger partial charge is 0.408 e. The minimum atomic E-state index is -0.672. The molecule has 1 fully saturated rings. The molecule has 1 amide bonds. The van der Waals surface area contributed by atoms with Crippen molar-refractivity contribution < 1.29 is 32.9 Å². The highest BCUT2D eigenvalue weighted by molar-refractivity contribution is 5.74. The molecule has 1 N–H and O–H groups in total. The molecule has 0 aromatic heterocycles. The third kappa shape index (κ3) is 10.7. The van der Waals surface area contributed by atoms with E-state index in [0.29, 0.717) is 29.0 Å². The molecular formula is C38H49FN2O6. The summed E-state index contributed by atoms with van der Waals surface area (Å²) in [4.78, 5) is 27.1. The number of ether oxygens (including phenoxy) is 4. The zero-order chi connectivity index (χ0) is 34.4. The van der Waals surface area contributed by atoms with E-state index in [4.69, 9.17) is 18.9 Å². The molecule has 9 heteroatoms. The fourth-order valence-corrected chi connectivity index (χ4v) is 5.49. The van der Waals surface area contributed by atoms with Gasteiger partial charge in [-0.25, -0.2) is 9.18 Å². The number of carbonyl (C=O) groups is 2. The maximum Gasteiger partial charge on any atom is 0.408 e. The van der Waals surface area contributed by atoms with E-state index in [9.17, 15) is 9.59 Å². The molecule has 1 aliphatic rings. The summed E-state index contributed by atoms with van der Waals surface area (Å²) in [5.74, 6) is -0.183. The maximum atomic E-state index is 16.2. The predicted molar refractivity (Wildman–Crippen MR) is 182 cm³/mol. The first kappa shape index (κ1) is 35.7. The van der Waals surface area contributed by atoms with Crippen molar-refractivity contribution in [1.29, 1.82) is 0 Å². The summed E-state index contributed by atoms with van der Waals surface area (Å²) in [5, 5.41) is 2.75. The summed E-state index contributed by atoms with van der Waals surface area (Å²) in [7, 11) is 2.00. The predicted octanol–water partition coefficient (Wildman–Crippen LogP) is 8.16. The molecule has 0 bridgehead atoms. The van der Waals surface area contributed by atoms with E-state index in [1.165, 1.54) is 0 Å². The Balaban J connectivity index is 1.63. The Labute approximate surface area is 278 Å². The third-order valence-corrected chi connectivity index (χ3v) is 7.58. The molecule has 0 aliphatic carbocycles. The Kier molecular flexibility index (Phi) is 11.6. The second-order valence-corrected chi connectivity index (χ2v) is 14.1. The van der Waals surface area contributed by atoms with Gasteiger partial charge in [-0.2, -0.15) is 0 Å². The molecule has 1 saturated heterocycles. The minimum Gasteiger partial charge on any atom is -0.489 e. The number of alkyl carbamates (subject to hydrolysis) is 1. The number of benzene rings is 3. The van der Waals surface area contributed by atoms with Crippen molar-refractivity contribution in [3.05, 3.63) is 83.2 Å². The highest BCUT2D eigenvalue weighted by Gasteiger charge is 2.23. The number of hydrogen-bond donors (Lipinski definition) is 1. The molecule has 8 nitrogen and oxygen atoms in total. The number of hydrogen-bond acceptors (Lipinski definition) is 7. The Morgan fingerprint density at radius 3 is 2.40 bits per heavy atom. The van der Waals surface area contributed by atoms with Crippen molar-refractivity contribution in [1.82, 2.24) is 5.32 Å². The molecular weight excluding hydrogens is 599 g/mol. The molecule has 3 aromatic carbocycles. The van der Waals surface area contributed by atoms with Crippen molar-refractivity contribution in [2.45, 2.75) is 97.7 Å². The summed E-state index contributed by atoms with van der Waals surface area (Å²) < 4.78 is 39.3. The van der Waals surface area contributed by atoms with Crippen molar-refractivity contribution in [2.75, 3.05) is 25.1 Å². The summed E-state index contributed by atoms with van der Waals surface area (Å²) in [6, 6.07) is 17.9. The quantitative estimate of drug-likeness (QED) is 0.210. The molecule has 254 valence electrons. The lowest BCUT2D eigenvalue weighted by Gasteiger charge is -2.25. The van der Waals surface area contributed by atoms with Crippen LogP contribution in [-0.2, 0) is 32.0 Å². The Bertz CT molecular complexity index is 1540. The van der Waals surface area contributed by atoms with Crippen LogP contribution < -0.4 is 15.0 Å². The highest BCUT2D eigenvalue weighted by Crippen LogP contribution is 2.33.